The van der Waals surface area contributed by atoms with E-state index in [-0.39, 0.29) is 11.9 Å². The fourth-order valence-electron chi connectivity index (χ4n) is 3.10. The molecule has 1 aliphatic rings. The summed E-state index contributed by atoms with van der Waals surface area (Å²) in [5, 5.41) is 0. The summed E-state index contributed by atoms with van der Waals surface area (Å²) in [4.78, 5) is 25.9. The number of esters is 1. The van der Waals surface area contributed by atoms with Crippen molar-refractivity contribution in [2.75, 3.05) is 12.0 Å². The Balaban J connectivity index is 2.38. The van der Waals surface area contributed by atoms with Crippen LogP contribution in [0.1, 0.15) is 20.3 Å². The number of halogens is 1. The van der Waals surface area contributed by atoms with Gasteiger partial charge in [0.1, 0.15) is 11.9 Å². The maximum absolute atomic E-state index is 12.7. The Kier molecular flexibility index (Phi) is 6.06. The SMILES string of the molecule is C=C(Br)C[C@H](OC(C)=O)[C@H]1[C@@H](C(=C)C)C(=O)N1c1ccc(OC)cc1. The molecule has 0 aliphatic carbocycles. The van der Waals surface area contributed by atoms with Crippen molar-refractivity contribution < 1.29 is 19.1 Å². The quantitative estimate of drug-likeness (QED) is 0.391. The van der Waals surface area contributed by atoms with Crippen molar-refractivity contribution in [3.8, 4) is 5.75 Å². The summed E-state index contributed by atoms with van der Waals surface area (Å²) in [6, 6.07) is 6.88. The molecule has 1 amide bonds. The molecule has 5 nitrogen and oxygen atoms in total. The van der Waals surface area contributed by atoms with Crippen LogP contribution in [0.3, 0.4) is 0 Å². The second-order valence-corrected chi connectivity index (χ2v) is 7.21. The summed E-state index contributed by atoms with van der Waals surface area (Å²) in [6.07, 6.45) is -0.0978. The van der Waals surface area contributed by atoms with Crippen LogP contribution in [-0.2, 0) is 14.3 Å². The van der Waals surface area contributed by atoms with Crippen LogP contribution in [0.2, 0.25) is 0 Å². The molecule has 0 unspecified atom stereocenters. The molecule has 0 N–H and O–H groups in total. The zero-order valence-corrected chi connectivity index (χ0v) is 16.2. The molecule has 1 aromatic carbocycles. The number of hydrogen-bond acceptors (Lipinski definition) is 4. The van der Waals surface area contributed by atoms with Crippen LogP contribution in [0.5, 0.6) is 5.75 Å². The molecule has 134 valence electrons. The molecule has 0 aromatic heterocycles. The highest BCUT2D eigenvalue weighted by molar-refractivity contribution is 9.11. The topological polar surface area (TPSA) is 55.8 Å². The molecule has 0 bridgehead atoms. The first-order chi connectivity index (χ1) is 11.8. The van der Waals surface area contributed by atoms with E-state index in [1.807, 2.05) is 19.1 Å². The van der Waals surface area contributed by atoms with Crippen molar-refractivity contribution in [1.29, 1.82) is 0 Å². The molecule has 1 heterocycles. The van der Waals surface area contributed by atoms with E-state index in [9.17, 15) is 9.59 Å². The summed E-state index contributed by atoms with van der Waals surface area (Å²) in [5.41, 5.74) is 1.47. The largest absolute Gasteiger partial charge is 0.497 e. The Morgan fingerprint density at radius 2 is 1.88 bits per heavy atom. The number of methoxy groups -OCH3 is 1. The van der Waals surface area contributed by atoms with E-state index in [0.717, 1.165) is 11.3 Å². The molecule has 0 saturated carbocycles. The number of carbonyl (C=O) groups excluding carboxylic acids is 2. The lowest BCUT2D eigenvalue weighted by molar-refractivity contribution is -0.152. The average Bonchev–Trinajstić information content (AvgIpc) is 2.51. The smallest absolute Gasteiger partial charge is 0.302 e. The van der Waals surface area contributed by atoms with Gasteiger partial charge in [-0.1, -0.05) is 34.7 Å². The molecule has 0 spiro atoms. The average molecular weight is 408 g/mol. The molecule has 1 aliphatic heterocycles. The lowest BCUT2D eigenvalue weighted by Gasteiger charge is -2.50. The van der Waals surface area contributed by atoms with E-state index in [4.69, 9.17) is 9.47 Å². The van der Waals surface area contributed by atoms with Crippen molar-refractivity contribution in [3.05, 3.63) is 47.5 Å². The number of nitrogens with zero attached hydrogens (tertiary/aromatic N) is 1. The third-order valence-corrected chi connectivity index (χ3v) is 4.47. The number of benzene rings is 1. The lowest BCUT2D eigenvalue weighted by atomic mass is 9.78. The van der Waals surface area contributed by atoms with Crippen LogP contribution in [0.15, 0.2) is 47.5 Å². The first kappa shape index (κ1) is 19.2. The van der Waals surface area contributed by atoms with Gasteiger partial charge in [-0.25, -0.2) is 0 Å². The van der Waals surface area contributed by atoms with Crippen LogP contribution in [0.25, 0.3) is 0 Å². The Morgan fingerprint density at radius 1 is 1.28 bits per heavy atom. The zero-order chi connectivity index (χ0) is 18.7. The van der Waals surface area contributed by atoms with Crippen molar-refractivity contribution in [2.45, 2.75) is 32.4 Å². The number of hydrogen-bond donors (Lipinski definition) is 0. The Bertz CT molecular complexity index is 682. The number of ether oxygens (including phenoxy) is 2. The highest BCUT2D eigenvalue weighted by Crippen LogP contribution is 2.41. The van der Waals surface area contributed by atoms with E-state index < -0.39 is 18.0 Å². The first-order valence-corrected chi connectivity index (χ1v) is 8.68. The summed E-state index contributed by atoms with van der Waals surface area (Å²) < 4.78 is 11.4. The van der Waals surface area contributed by atoms with Gasteiger partial charge in [-0.2, -0.15) is 0 Å². The normalized spacial score (nSPS) is 20.5. The van der Waals surface area contributed by atoms with Gasteiger partial charge in [0.25, 0.3) is 0 Å². The fourth-order valence-corrected chi connectivity index (χ4v) is 3.42. The van der Waals surface area contributed by atoms with E-state index in [0.29, 0.717) is 16.7 Å². The van der Waals surface area contributed by atoms with Crippen molar-refractivity contribution in [3.63, 3.8) is 0 Å². The van der Waals surface area contributed by atoms with Crippen LogP contribution in [0, 0.1) is 5.92 Å². The van der Waals surface area contributed by atoms with Gasteiger partial charge in [0, 0.05) is 19.0 Å². The standard InChI is InChI=1S/C19H22BrNO4/c1-11(2)17-18(16(10-12(3)20)25-13(4)22)21(19(17)23)14-6-8-15(24-5)9-7-14/h6-9,16-18H,1,3,10H2,2,4-5H3/t16-,17+,18-/m0/s1. The fraction of sp³-hybridized carbons (Fsp3) is 0.368. The molecule has 1 aromatic rings. The Morgan fingerprint density at radius 3 is 2.32 bits per heavy atom. The summed E-state index contributed by atoms with van der Waals surface area (Å²) in [6.45, 7) is 10.9. The number of amides is 1. The van der Waals surface area contributed by atoms with Gasteiger partial charge >= 0.3 is 5.97 Å². The first-order valence-electron chi connectivity index (χ1n) is 7.89. The molecular formula is C19H22BrNO4. The molecular weight excluding hydrogens is 386 g/mol. The van der Waals surface area contributed by atoms with Gasteiger partial charge in [0.05, 0.1) is 19.1 Å². The van der Waals surface area contributed by atoms with Crippen LogP contribution in [0.4, 0.5) is 5.69 Å². The number of rotatable bonds is 7. The van der Waals surface area contributed by atoms with Crippen LogP contribution < -0.4 is 9.64 Å². The number of anilines is 1. The molecule has 6 heteroatoms. The minimum absolute atomic E-state index is 0.0556. The third kappa shape index (κ3) is 4.12. The molecule has 1 saturated heterocycles. The maximum atomic E-state index is 12.7. The van der Waals surface area contributed by atoms with Gasteiger partial charge in [-0.05, 0) is 35.7 Å². The summed E-state index contributed by atoms with van der Waals surface area (Å²) >= 11 is 3.33. The molecule has 1 fully saturated rings. The highest BCUT2D eigenvalue weighted by atomic mass is 79.9. The van der Waals surface area contributed by atoms with Gasteiger partial charge in [-0.15, -0.1) is 0 Å². The molecule has 2 rings (SSSR count). The van der Waals surface area contributed by atoms with Crippen LogP contribution >= 0.6 is 15.9 Å². The van der Waals surface area contributed by atoms with E-state index in [2.05, 4.69) is 29.1 Å². The van der Waals surface area contributed by atoms with Gasteiger partial charge in [-0.3, -0.25) is 9.59 Å². The van der Waals surface area contributed by atoms with E-state index in [1.54, 1.807) is 24.1 Å². The minimum atomic E-state index is -0.508. The second-order valence-electron chi connectivity index (χ2n) is 6.09. The van der Waals surface area contributed by atoms with Crippen molar-refractivity contribution >= 4 is 33.5 Å². The Labute approximate surface area is 156 Å². The molecule has 3 atom stereocenters. The summed E-state index contributed by atoms with van der Waals surface area (Å²) in [5.74, 6) is -0.137. The van der Waals surface area contributed by atoms with Crippen molar-refractivity contribution in [2.24, 2.45) is 5.92 Å². The van der Waals surface area contributed by atoms with Gasteiger partial charge < -0.3 is 14.4 Å². The molecule has 25 heavy (non-hydrogen) atoms. The minimum Gasteiger partial charge on any atom is -0.497 e. The van der Waals surface area contributed by atoms with Gasteiger partial charge in [0.15, 0.2) is 0 Å². The van der Waals surface area contributed by atoms with Gasteiger partial charge in [0.2, 0.25) is 5.91 Å². The second kappa shape index (κ2) is 7.87. The summed E-state index contributed by atoms with van der Waals surface area (Å²) in [7, 11) is 1.59. The maximum Gasteiger partial charge on any atom is 0.302 e. The predicted molar refractivity (Wildman–Crippen MR) is 101 cm³/mol. The number of carbonyl (C=O) groups is 2. The number of β-lactam (4-membered cyclic amide) rings is 1. The van der Waals surface area contributed by atoms with E-state index in [1.165, 1.54) is 6.92 Å². The van der Waals surface area contributed by atoms with Crippen molar-refractivity contribution in [1.82, 2.24) is 0 Å². The van der Waals surface area contributed by atoms with Crippen LogP contribution in [-0.4, -0.2) is 31.1 Å². The predicted octanol–water partition coefficient (Wildman–Crippen LogP) is 3.83. The Hall–Kier alpha value is -2.08. The lowest BCUT2D eigenvalue weighted by Crippen LogP contribution is -2.66. The zero-order valence-electron chi connectivity index (χ0n) is 14.6. The molecule has 0 radical (unpaired) electrons. The monoisotopic (exact) mass is 407 g/mol. The van der Waals surface area contributed by atoms with E-state index >= 15 is 0 Å². The highest BCUT2D eigenvalue weighted by Gasteiger charge is 2.53. The third-order valence-electron chi connectivity index (χ3n) is 4.15.